The second-order valence-corrected chi connectivity index (χ2v) is 21.8. The van der Waals surface area contributed by atoms with E-state index >= 15 is 0 Å². The Balaban J connectivity index is 0.000000887. The molecule has 0 saturated heterocycles. The summed E-state index contributed by atoms with van der Waals surface area (Å²) in [5.74, 6) is -5.19. The van der Waals surface area contributed by atoms with E-state index in [2.05, 4.69) is 90.1 Å². The Bertz CT molecular complexity index is 2350. The summed E-state index contributed by atoms with van der Waals surface area (Å²) < 4.78 is 0. The van der Waals surface area contributed by atoms with Gasteiger partial charge >= 0.3 is 28.4 Å². The van der Waals surface area contributed by atoms with Crippen LogP contribution in [0.2, 0.25) is 0 Å². The van der Waals surface area contributed by atoms with Crippen molar-refractivity contribution in [3.05, 3.63) is 117 Å². The third-order valence-corrected chi connectivity index (χ3v) is 14.2. The average molecular weight is 1150 g/mol. The maximum Gasteiger partial charge on any atom is 2.00 e. The van der Waals surface area contributed by atoms with E-state index < -0.39 is 34.9 Å². The van der Waals surface area contributed by atoms with E-state index in [1.54, 1.807) is 0 Å². The van der Waals surface area contributed by atoms with Gasteiger partial charge in [-0.05, 0) is 136 Å². The molecule has 4 aromatic rings. The van der Waals surface area contributed by atoms with Gasteiger partial charge in [-0.25, -0.2) is 14.6 Å². The standard InChI is InChI=1S/C49H80N2.2C10H12O4.Ni/c1-7-9-10-11-12-13-14-15-16-17-18-19-20-21-22-23-24-25-26-27-28-29-30-31-32-33-34-35-49(51-47-40-44(5)37-45(6)41-47)48(8-2)50-46-38-42(3)36-43(4)39-46;2*1-2-3-6-4-5-7(11)9(12)8(6)10(13)14;/h34-41H,7-33H2,1-6H3;2*4-5,11-12H,2-3H2,1H3,(H,13,14);/q;;;+2/p-2. The van der Waals surface area contributed by atoms with Crippen molar-refractivity contribution in [2.75, 3.05) is 0 Å². The van der Waals surface area contributed by atoms with Gasteiger partial charge in [0, 0.05) is 0 Å². The van der Waals surface area contributed by atoms with Crippen LogP contribution in [-0.4, -0.2) is 43.8 Å². The summed E-state index contributed by atoms with van der Waals surface area (Å²) in [7, 11) is 0. The molecule has 446 valence electrons. The van der Waals surface area contributed by atoms with E-state index in [1.165, 1.54) is 207 Å². The minimum absolute atomic E-state index is 0. The van der Waals surface area contributed by atoms with Crippen LogP contribution in [0.1, 0.15) is 268 Å². The number of phenolic OH excluding ortho intramolecular Hbond substituents is 2. The van der Waals surface area contributed by atoms with Crippen molar-refractivity contribution in [2.45, 2.75) is 254 Å². The number of benzene rings is 4. The molecule has 0 saturated carbocycles. The van der Waals surface area contributed by atoms with Gasteiger partial charge in [-0.2, -0.15) is 0 Å². The Morgan fingerprint density at radius 3 is 1.06 bits per heavy atom. The second-order valence-electron chi connectivity index (χ2n) is 21.8. The van der Waals surface area contributed by atoms with Crippen LogP contribution >= 0.6 is 0 Å². The first-order chi connectivity index (χ1) is 38.1. The van der Waals surface area contributed by atoms with Gasteiger partial charge in [0.25, 0.3) is 0 Å². The van der Waals surface area contributed by atoms with Gasteiger partial charge in [-0.1, -0.05) is 236 Å². The average Bonchev–Trinajstić information content (AvgIpc) is 3.40. The molecule has 0 spiro atoms. The molecule has 4 aromatic carbocycles. The van der Waals surface area contributed by atoms with Crippen molar-refractivity contribution in [2.24, 2.45) is 9.98 Å². The molecule has 0 aliphatic carbocycles. The van der Waals surface area contributed by atoms with Gasteiger partial charge < -0.3 is 30.6 Å². The molecule has 0 unspecified atom stereocenters. The van der Waals surface area contributed by atoms with Gasteiger partial charge in [-0.15, -0.1) is 0 Å². The predicted octanol–water partition coefficient (Wildman–Crippen LogP) is 19.1. The van der Waals surface area contributed by atoms with Gasteiger partial charge in [0.1, 0.15) is 11.5 Å². The van der Waals surface area contributed by atoms with Gasteiger partial charge in [-0.3, -0.25) is 4.99 Å². The minimum atomic E-state index is -1.28. The largest absolute Gasteiger partial charge is 2.00 e. The third-order valence-electron chi connectivity index (χ3n) is 14.2. The molecule has 0 atom stereocenters. The summed E-state index contributed by atoms with van der Waals surface area (Å²) in [4.78, 5) is 31.7. The molecule has 0 amide bonds. The van der Waals surface area contributed by atoms with Crippen molar-refractivity contribution in [1.29, 1.82) is 0 Å². The number of hydrogen-bond acceptors (Lipinski definition) is 8. The smallest absolute Gasteiger partial charge is 0.869 e. The van der Waals surface area contributed by atoms with Crippen LogP contribution in [-0.2, 0) is 29.3 Å². The van der Waals surface area contributed by atoms with Crippen molar-refractivity contribution in [3.8, 4) is 23.0 Å². The number of aromatic hydroxyl groups is 2. The third kappa shape index (κ3) is 31.0. The molecule has 0 aliphatic heterocycles. The van der Waals surface area contributed by atoms with Crippen molar-refractivity contribution >= 4 is 34.7 Å². The zero-order chi connectivity index (χ0) is 58.2. The quantitative estimate of drug-likeness (QED) is 0.0195. The number of rotatable bonds is 37. The summed E-state index contributed by atoms with van der Waals surface area (Å²) in [5, 5.41) is 58.3. The van der Waals surface area contributed by atoms with Crippen molar-refractivity contribution in [1.82, 2.24) is 0 Å². The van der Waals surface area contributed by atoms with Crippen LogP contribution in [0.4, 0.5) is 11.4 Å². The number of unbranched alkanes of at least 4 members (excludes halogenated alkanes) is 25. The number of aliphatic imine (C=N–C) groups is 2. The Labute approximate surface area is 493 Å². The molecular formula is C69H102N2NiO8. The first-order valence-corrected chi connectivity index (χ1v) is 30.6. The van der Waals surface area contributed by atoms with E-state index in [0.717, 1.165) is 48.5 Å². The summed E-state index contributed by atoms with van der Waals surface area (Å²) >= 11 is 0. The number of carboxylic acids is 2. The van der Waals surface area contributed by atoms with Gasteiger partial charge in [0.2, 0.25) is 0 Å². The zero-order valence-corrected chi connectivity index (χ0v) is 51.5. The van der Waals surface area contributed by atoms with Crippen molar-refractivity contribution in [3.63, 3.8) is 0 Å². The van der Waals surface area contributed by atoms with Crippen molar-refractivity contribution < 1.29 is 56.7 Å². The number of nitrogens with zero attached hydrogens (tertiary/aromatic N) is 2. The zero-order valence-electron chi connectivity index (χ0n) is 50.5. The Hall–Kier alpha value is -5.41. The van der Waals surface area contributed by atoms with Crippen LogP contribution in [0.25, 0.3) is 0 Å². The van der Waals surface area contributed by atoms with Crippen LogP contribution < -0.4 is 10.2 Å². The number of carbonyl (C=O) groups is 2. The number of phenols is 2. The number of aryl methyl sites for hydroxylation is 6. The predicted molar refractivity (Wildman–Crippen MR) is 328 cm³/mol. The van der Waals surface area contributed by atoms with E-state index in [-0.39, 0.29) is 27.6 Å². The SMILES string of the molecule is CCCCCCCCCCCCCCCCCCCCCCCCCCCC=CC(=Nc1cc(C)cc(C)c1)C(CC)=Nc1cc(C)cc(C)c1.CCCc1ccc(O)c([O-])c1C(=O)O.CCCc1ccc(O)c([O-])c1C(=O)O.[Ni+2]. The minimum Gasteiger partial charge on any atom is -0.869 e. The Morgan fingerprint density at radius 1 is 0.450 bits per heavy atom. The fraction of sp³-hybridized carbons (Fsp3) is 0.565. The van der Waals surface area contributed by atoms with E-state index in [4.69, 9.17) is 30.4 Å². The van der Waals surface area contributed by atoms with Gasteiger partial charge in [0.15, 0.2) is 0 Å². The summed E-state index contributed by atoms with van der Waals surface area (Å²) in [6, 6.07) is 18.5. The molecule has 0 heterocycles. The number of carboxylic acid groups (broad SMARTS) is 2. The summed E-state index contributed by atoms with van der Waals surface area (Å²) in [6.45, 7) is 16.9. The normalized spacial score (nSPS) is 11.4. The molecule has 4 N–H and O–H groups in total. The van der Waals surface area contributed by atoms with Crippen LogP contribution in [0, 0.1) is 27.7 Å². The molecular weight excluding hydrogens is 1040 g/mol. The van der Waals surface area contributed by atoms with E-state index in [9.17, 15) is 19.8 Å². The monoisotopic (exact) mass is 1140 g/mol. The van der Waals surface area contributed by atoms with E-state index in [0.29, 0.717) is 24.0 Å². The number of hydrogen-bond donors (Lipinski definition) is 4. The first kappa shape index (κ1) is 72.6. The topological polar surface area (TPSA) is 186 Å². The fourth-order valence-electron chi connectivity index (χ4n) is 10.1. The molecule has 80 heavy (non-hydrogen) atoms. The number of allylic oxidation sites excluding steroid dienone is 2. The molecule has 4 rings (SSSR count). The summed E-state index contributed by atoms with van der Waals surface area (Å²) in [5.41, 5.74) is 9.38. The van der Waals surface area contributed by atoms with Crippen LogP contribution in [0.3, 0.4) is 0 Å². The van der Waals surface area contributed by atoms with Crippen LogP contribution in [0.5, 0.6) is 23.0 Å². The van der Waals surface area contributed by atoms with E-state index in [1.807, 2.05) is 13.8 Å². The molecule has 0 aliphatic rings. The Morgan fingerprint density at radius 2 is 0.762 bits per heavy atom. The van der Waals surface area contributed by atoms with Crippen LogP contribution in [0.15, 0.2) is 82.8 Å². The molecule has 0 aromatic heterocycles. The molecule has 0 fully saturated rings. The number of aromatic carboxylic acids is 2. The Kier molecular flexibility index (Phi) is 40.2. The maximum absolute atomic E-state index is 11.3. The molecule has 10 nitrogen and oxygen atoms in total. The molecule has 0 bridgehead atoms. The fourth-order valence-corrected chi connectivity index (χ4v) is 10.1. The maximum atomic E-state index is 11.3. The second kappa shape index (κ2) is 44.3. The molecule has 11 heteroatoms. The summed E-state index contributed by atoms with van der Waals surface area (Å²) in [6.07, 6.45) is 44.9. The first-order valence-electron chi connectivity index (χ1n) is 30.6. The van der Waals surface area contributed by atoms with Gasteiger partial charge in [0.05, 0.1) is 33.9 Å². The molecule has 0 radical (unpaired) electrons.